The van der Waals surface area contributed by atoms with Gasteiger partial charge in [0.2, 0.25) is 0 Å². The van der Waals surface area contributed by atoms with Gasteiger partial charge in [0.1, 0.15) is 11.6 Å². The fourth-order valence-electron chi connectivity index (χ4n) is 3.96. The van der Waals surface area contributed by atoms with Gasteiger partial charge < -0.3 is 0 Å². The van der Waals surface area contributed by atoms with E-state index in [2.05, 4.69) is 68.7 Å². The third-order valence-corrected chi connectivity index (χ3v) is 6.10. The molecule has 0 amide bonds. The molecule has 35 heavy (non-hydrogen) atoms. The summed E-state index contributed by atoms with van der Waals surface area (Å²) in [5.41, 5.74) is 5.57. The van der Waals surface area contributed by atoms with Crippen molar-refractivity contribution < 1.29 is 8.78 Å². The van der Waals surface area contributed by atoms with E-state index in [1.54, 1.807) is 0 Å². The zero-order chi connectivity index (χ0) is 25.0. The summed E-state index contributed by atoms with van der Waals surface area (Å²) in [6.07, 6.45) is 8.02. The molecule has 0 aliphatic rings. The molecule has 0 aromatic heterocycles. The van der Waals surface area contributed by atoms with Crippen molar-refractivity contribution in [3.8, 4) is 23.7 Å². The SMILES string of the molecule is CCCCCc1cc(F)c(C#Cc2ccc(C#Cc3ccc(CCCC)cc3)c(CC)c2)c(F)c1. The molecule has 0 unspecified atom stereocenters. The molecular formula is C33H34F2. The predicted molar refractivity (Wildman–Crippen MR) is 142 cm³/mol. The fraction of sp³-hybridized carbons (Fsp3) is 0.333. The van der Waals surface area contributed by atoms with Gasteiger partial charge in [0, 0.05) is 16.7 Å². The molecule has 0 radical (unpaired) electrons. The average Bonchev–Trinajstić information content (AvgIpc) is 2.86. The van der Waals surface area contributed by atoms with Gasteiger partial charge in [-0.2, -0.15) is 0 Å². The molecule has 0 bridgehead atoms. The maximum Gasteiger partial charge on any atom is 0.142 e. The van der Waals surface area contributed by atoms with Gasteiger partial charge >= 0.3 is 0 Å². The van der Waals surface area contributed by atoms with Gasteiger partial charge in [-0.05, 0) is 91.3 Å². The first-order chi connectivity index (χ1) is 17.0. The smallest absolute Gasteiger partial charge is 0.142 e. The van der Waals surface area contributed by atoms with E-state index in [1.165, 1.54) is 30.5 Å². The Kier molecular flexibility index (Phi) is 10.1. The number of benzene rings is 3. The van der Waals surface area contributed by atoms with E-state index in [1.807, 2.05) is 18.2 Å². The van der Waals surface area contributed by atoms with Crippen molar-refractivity contribution in [1.82, 2.24) is 0 Å². The maximum atomic E-state index is 14.5. The van der Waals surface area contributed by atoms with Gasteiger partial charge in [0.15, 0.2) is 0 Å². The standard InChI is InChI=1S/C33H34F2/c1-4-7-9-11-28-23-32(34)31(33(35)24-28)21-18-27-17-20-30(29(6-3)22-27)19-16-26-14-12-25(13-15-26)10-8-5-2/h12-15,17,20,22-24H,4-11H2,1-3H3. The van der Waals surface area contributed by atoms with Gasteiger partial charge in [-0.1, -0.05) is 75.8 Å². The summed E-state index contributed by atoms with van der Waals surface area (Å²) in [4.78, 5) is 0. The quantitative estimate of drug-likeness (QED) is 0.230. The van der Waals surface area contributed by atoms with Gasteiger partial charge in [0.25, 0.3) is 0 Å². The fourth-order valence-corrected chi connectivity index (χ4v) is 3.96. The largest absolute Gasteiger partial charge is 0.206 e. The van der Waals surface area contributed by atoms with Crippen LogP contribution in [0.2, 0.25) is 0 Å². The van der Waals surface area contributed by atoms with Crippen LogP contribution in [0.5, 0.6) is 0 Å². The third-order valence-electron chi connectivity index (χ3n) is 6.10. The van der Waals surface area contributed by atoms with Crippen molar-refractivity contribution in [2.24, 2.45) is 0 Å². The minimum absolute atomic E-state index is 0.173. The summed E-state index contributed by atoms with van der Waals surface area (Å²) < 4.78 is 29.0. The lowest BCUT2D eigenvalue weighted by Crippen LogP contribution is -1.95. The maximum absolute atomic E-state index is 14.5. The lowest BCUT2D eigenvalue weighted by atomic mass is 10.0. The number of hydrogen-bond donors (Lipinski definition) is 0. The second-order valence-electron chi connectivity index (χ2n) is 8.92. The van der Waals surface area contributed by atoms with E-state index < -0.39 is 11.6 Å². The van der Waals surface area contributed by atoms with Gasteiger partial charge in [-0.3, -0.25) is 0 Å². The first kappa shape index (κ1) is 26.2. The summed E-state index contributed by atoms with van der Waals surface area (Å²) in [6, 6.07) is 17.0. The normalized spacial score (nSPS) is 10.3. The van der Waals surface area contributed by atoms with Crippen LogP contribution >= 0.6 is 0 Å². The van der Waals surface area contributed by atoms with Crippen LogP contribution in [0.3, 0.4) is 0 Å². The number of rotatable bonds is 8. The highest BCUT2D eigenvalue weighted by atomic mass is 19.1. The van der Waals surface area contributed by atoms with Crippen molar-refractivity contribution in [2.75, 3.05) is 0 Å². The van der Waals surface area contributed by atoms with E-state index in [0.29, 0.717) is 12.0 Å². The van der Waals surface area contributed by atoms with Crippen molar-refractivity contribution in [2.45, 2.75) is 72.1 Å². The predicted octanol–water partition coefficient (Wildman–Crippen LogP) is 8.40. The van der Waals surface area contributed by atoms with E-state index >= 15 is 0 Å². The molecule has 3 aromatic carbocycles. The van der Waals surface area contributed by atoms with Crippen LogP contribution in [0.4, 0.5) is 8.78 Å². The van der Waals surface area contributed by atoms with Crippen LogP contribution in [-0.4, -0.2) is 0 Å². The molecule has 180 valence electrons. The van der Waals surface area contributed by atoms with Crippen LogP contribution in [0.1, 0.15) is 91.8 Å². The monoisotopic (exact) mass is 468 g/mol. The molecule has 0 spiro atoms. The van der Waals surface area contributed by atoms with Gasteiger partial charge in [-0.25, -0.2) is 8.78 Å². The molecule has 0 atom stereocenters. The Labute approximate surface area is 209 Å². The number of aryl methyl sites for hydroxylation is 3. The average molecular weight is 469 g/mol. The van der Waals surface area contributed by atoms with Crippen molar-refractivity contribution >= 4 is 0 Å². The number of hydrogen-bond acceptors (Lipinski definition) is 0. The van der Waals surface area contributed by atoms with E-state index in [4.69, 9.17) is 0 Å². The van der Waals surface area contributed by atoms with E-state index in [9.17, 15) is 8.78 Å². The van der Waals surface area contributed by atoms with E-state index in [-0.39, 0.29) is 5.56 Å². The van der Waals surface area contributed by atoms with Gasteiger partial charge in [-0.15, -0.1) is 0 Å². The van der Waals surface area contributed by atoms with Gasteiger partial charge in [0.05, 0.1) is 5.56 Å². The molecule has 0 heterocycles. The Bertz CT molecular complexity index is 1220. The lowest BCUT2D eigenvalue weighted by Gasteiger charge is -2.04. The Balaban J connectivity index is 1.76. The molecule has 0 nitrogen and oxygen atoms in total. The Hall–Kier alpha value is -3.36. The highest BCUT2D eigenvalue weighted by molar-refractivity contribution is 5.52. The summed E-state index contributed by atoms with van der Waals surface area (Å²) in [5.74, 6) is 11.0. The molecule has 2 heteroatoms. The third kappa shape index (κ3) is 7.83. The second-order valence-corrected chi connectivity index (χ2v) is 8.92. The second kappa shape index (κ2) is 13.5. The zero-order valence-electron chi connectivity index (χ0n) is 21.1. The topological polar surface area (TPSA) is 0 Å². The van der Waals surface area contributed by atoms with Crippen LogP contribution in [0.25, 0.3) is 0 Å². The summed E-state index contributed by atoms with van der Waals surface area (Å²) in [6.45, 7) is 6.37. The molecule has 0 saturated carbocycles. The first-order valence-corrected chi connectivity index (χ1v) is 12.8. The molecule has 3 aromatic rings. The molecule has 3 rings (SSSR count). The molecule has 0 N–H and O–H groups in total. The lowest BCUT2D eigenvalue weighted by molar-refractivity contribution is 0.572. The molecule has 0 aliphatic carbocycles. The Morgan fingerprint density at radius 1 is 0.600 bits per heavy atom. The van der Waals surface area contributed by atoms with Crippen molar-refractivity contribution in [1.29, 1.82) is 0 Å². The minimum atomic E-state index is -0.595. The highest BCUT2D eigenvalue weighted by Crippen LogP contribution is 2.18. The number of unbranched alkanes of at least 4 members (excludes halogenated alkanes) is 3. The first-order valence-electron chi connectivity index (χ1n) is 12.8. The molecule has 0 saturated heterocycles. The van der Waals surface area contributed by atoms with Crippen molar-refractivity contribution in [3.05, 3.63) is 105 Å². The van der Waals surface area contributed by atoms with Crippen LogP contribution in [0.15, 0.2) is 54.6 Å². The Morgan fingerprint density at radius 3 is 1.89 bits per heavy atom. The minimum Gasteiger partial charge on any atom is -0.206 e. The van der Waals surface area contributed by atoms with Crippen LogP contribution < -0.4 is 0 Å². The Morgan fingerprint density at radius 2 is 1.23 bits per heavy atom. The van der Waals surface area contributed by atoms with E-state index in [0.717, 1.165) is 54.4 Å². The zero-order valence-corrected chi connectivity index (χ0v) is 21.1. The highest BCUT2D eigenvalue weighted by Gasteiger charge is 2.09. The van der Waals surface area contributed by atoms with Crippen LogP contribution in [-0.2, 0) is 19.3 Å². The number of halogens is 2. The summed E-state index contributed by atoms with van der Waals surface area (Å²) in [5, 5.41) is 0. The summed E-state index contributed by atoms with van der Waals surface area (Å²) in [7, 11) is 0. The molecule has 0 aliphatic heterocycles. The molecule has 0 fully saturated rings. The summed E-state index contributed by atoms with van der Waals surface area (Å²) >= 11 is 0. The molecular weight excluding hydrogens is 434 g/mol. The van der Waals surface area contributed by atoms with Crippen molar-refractivity contribution in [3.63, 3.8) is 0 Å². The van der Waals surface area contributed by atoms with Crippen LogP contribution in [0, 0.1) is 35.3 Å².